The summed E-state index contributed by atoms with van der Waals surface area (Å²) in [5.41, 5.74) is 2.35. The van der Waals surface area contributed by atoms with Gasteiger partial charge in [-0.2, -0.15) is 0 Å². The Morgan fingerprint density at radius 3 is 2.61 bits per heavy atom. The average molecular weight is 246 g/mol. The van der Waals surface area contributed by atoms with Crippen LogP contribution in [0.4, 0.5) is 5.69 Å². The van der Waals surface area contributed by atoms with Crippen molar-refractivity contribution in [3.05, 3.63) is 29.8 Å². The summed E-state index contributed by atoms with van der Waals surface area (Å²) in [6.45, 7) is 6.33. The summed E-state index contributed by atoms with van der Waals surface area (Å²) in [6.07, 6.45) is 0.857. The molecule has 0 saturated heterocycles. The van der Waals surface area contributed by atoms with Gasteiger partial charge in [-0.1, -0.05) is 25.1 Å². The largest absolute Gasteiger partial charge is 0.309 e. The molecule has 0 fully saturated rings. The highest BCUT2D eigenvalue weighted by Gasteiger charge is 2.33. The zero-order chi connectivity index (χ0) is 13.3. The van der Waals surface area contributed by atoms with Gasteiger partial charge in [0.2, 0.25) is 5.91 Å². The first-order chi connectivity index (χ1) is 8.56. The Bertz CT molecular complexity index is 442. The van der Waals surface area contributed by atoms with Crippen molar-refractivity contribution in [2.24, 2.45) is 0 Å². The van der Waals surface area contributed by atoms with E-state index in [0.29, 0.717) is 5.92 Å². The number of anilines is 1. The molecule has 18 heavy (non-hydrogen) atoms. The average Bonchev–Trinajstić information content (AvgIpc) is 2.45. The molecule has 2 rings (SSSR count). The van der Waals surface area contributed by atoms with Crippen LogP contribution in [0.5, 0.6) is 0 Å². The molecule has 1 aliphatic heterocycles. The molecule has 2 unspecified atom stereocenters. The van der Waals surface area contributed by atoms with E-state index in [9.17, 15) is 4.79 Å². The first-order valence-electron chi connectivity index (χ1n) is 6.65. The minimum atomic E-state index is -0.0881. The van der Waals surface area contributed by atoms with Crippen LogP contribution < -0.4 is 10.2 Å². The van der Waals surface area contributed by atoms with Crippen LogP contribution in [0.1, 0.15) is 38.7 Å². The Balaban J connectivity index is 2.53. The second-order valence-electron chi connectivity index (χ2n) is 5.34. The normalized spacial score (nSPS) is 24.1. The van der Waals surface area contributed by atoms with E-state index in [1.54, 1.807) is 0 Å². The fourth-order valence-corrected chi connectivity index (χ4v) is 2.77. The van der Waals surface area contributed by atoms with E-state index < -0.39 is 0 Å². The summed E-state index contributed by atoms with van der Waals surface area (Å²) in [5.74, 6) is 0.579. The standard InChI is InChI=1S/C15H22N2O/c1-10(2)17-14-8-6-5-7-12(14)11(3)9-13(16-4)15(17)18/h5-8,10-11,13,16H,9H2,1-4H3. The summed E-state index contributed by atoms with van der Waals surface area (Å²) in [5, 5.41) is 3.15. The number of carbonyl (C=O) groups is 1. The number of para-hydroxylation sites is 1. The highest BCUT2D eigenvalue weighted by Crippen LogP contribution is 2.35. The highest BCUT2D eigenvalue weighted by molar-refractivity contribution is 5.99. The van der Waals surface area contributed by atoms with Gasteiger partial charge in [0.15, 0.2) is 0 Å². The molecule has 1 amide bonds. The van der Waals surface area contributed by atoms with E-state index in [2.05, 4.69) is 44.3 Å². The maximum absolute atomic E-state index is 12.6. The maximum atomic E-state index is 12.6. The van der Waals surface area contributed by atoms with E-state index in [1.165, 1.54) is 5.56 Å². The van der Waals surface area contributed by atoms with E-state index in [1.807, 2.05) is 18.0 Å². The Labute approximate surface area is 109 Å². The van der Waals surface area contributed by atoms with Gasteiger partial charge < -0.3 is 10.2 Å². The lowest BCUT2D eigenvalue weighted by Gasteiger charge is -2.29. The van der Waals surface area contributed by atoms with E-state index in [0.717, 1.165) is 12.1 Å². The third-order valence-electron chi connectivity index (χ3n) is 3.72. The van der Waals surface area contributed by atoms with Gasteiger partial charge in [-0.3, -0.25) is 4.79 Å². The lowest BCUT2D eigenvalue weighted by molar-refractivity contribution is -0.120. The number of nitrogens with zero attached hydrogens (tertiary/aromatic N) is 1. The second-order valence-corrected chi connectivity index (χ2v) is 5.34. The monoisotopic (exact) mass is 246 g/mol. The van der Waals surface area contributed by atoms with Gasteiger partial charge in [0.25, 0.3) is 0 Å². The van der Waals surface area contributed by atoms with Crippen molar-refractivity contribution in [2.45, 2.75) is 45.2 Å². The van der Waals surface area contributed by atoms with Gasteiger partial charge in [-0.25, -0.2) is 0 Å². The van der Waals surface area contributed by atoms with E-state index >= 15 is 0 Å². The quantitative estimate of drug-likeness (QED) is 0.869. The lowest BCUT2D eigenvalue weighted by atomic mass is 9.94. The molecule has 0 aliphatic carbocycles. The lowest BCUT2D eigenvalue weighted by Crippen LogP contribution is -2.47. The molecule has 1 N–H and O–H groups in total. The Morgan fingerprint density at radius 1 is 1.33 bits per heavy atom. The van der Waals surface area contributed by atoms with Crippen LogP contribution in [0.2, 0.25) is 0 Å². The Hall–Kier alpha value is -1.35. The van der Waals surface area contributed by atoms with Crippen LogP contribution in [0.25, 0.3) is 0 Å². The molecular formula is C15H22N2O. The number of likely N-dealkylation sites (N-methyl/N-ethyl adjacent to an activating group) is 1. The highest BCUT2D eigenvalue weighted by atomic mass is 16.2. The van der Waals surface area contributed by atoms with Crippen LogP contribution in [0.3, 0.4) is 0 Å². The number of benzene rings is 1. The zero-order valence-corrected chi connectivity index (χ0v) is 11.6. The Morgan fingerprint density at radius 2 is 2.00 bits per heavy atom. The number of nitrogens with one attached hydrogen (secondary N) is 1. The smallest absolute Gasteiger partial charge is 0.244 e. The minimum absolute atomic E-state index is 0.0881. The topological polar surface area (TPSA) is 32.3 Å². The molecule has 1 aromatic carbocycles. The summed E-state index contributed by atoms with van der Waals surface area (Å²) in [6, 6.07) is 8.35. The van der Waals surface area contributed by atoms with Crippen molar-refractivity contribution in [3.63, 3.8) is 0 Å². The molecule has 1 aromatic rings. The van der Waals surface area contributed by atoms with Crippen LogP contribution in [0.15, 0.2) is 24.3 Å². The molecular weight excluding hydrogens is 224 g/mol. The number of carbonyl (C=O) groups excluding carboxylic acids is 1. The fraction of sp³-hybridized carbons (Fsp3) is 0.533. The molecule has 2 atom stereocenters. The summed E-state index contributed by atoms with van der Waals surface area (Å²) >= 11 is 0. The molecule has 0 aromatic heterocycles. The van der Waals surface area contributed by atoms with Gasteiger partial charge >= 0.3 is 0 Å². The van der Waals surface area contributed by atoms with Crippen LogP contribution in [0, 0.1) is 0 Å². The molecule has 3 heteroatoms. The van der Waals surface area contributed by atoms with E-state index in [-0.39, 0.29) is 18.0 Å². The van der Waals surface area contributed by atoms with Crippen molar-refractivity contribution in [2.75, 3.05) is 11.9 Å². The minimum Gasteiger partial charge on any atom is -0.309 e. The van der Waals surface area contributed by atoms with Crippen molar-refractivity contribution in [1.82, 2.24) is 5.32 Å². The van der Waals surface area contributed by atoms with Crippen LogP contribution in [-0.2, 0) is 4.79 Å². The van der Waals surface area contributed by atoms with Gasteiger partial charge in [-0.15, -0.1) is 0 Å². The molecule has 0 spiro atoms. The van der Waals surface area contributed by atoms with Crippen molar-refractivity contribution in [1.29, 1.82) is 0 Å². The molecule has 1 heterocycles. The summed E-state index contributed by atoms with van der Waals surface area (Å²) in [4.78, 5) is 14.5. The molecule has 0 bridgehead atoms. The zero-order valence-electron chi connectivity index (χ0n) is 11.6. The first kappa shape index (κ1) is 13.1. The van der Waals surface area contributed by atoms with Crippen molar-refractivity contribution >= 4 is 11.6 Å². The van der Waals surface area contributed by atoms with Crippen molar-refractivity contribution < 1.29 is 4.79 Å². The Kier molecular flexibility index (Phi) is 3.71. The van der Waals surface area contributed by atoms with Gasteiger partial charge in [-0.05, 0) is 44.9 Å². The predicted octanol–water partition coefficient (Wildman–Crippen LogP) is 2.52. The molecule has 3 nitrogen and oxygen atoms in total. The molecule has 98 valence electrons. The fourth-order valence-electron chi connectivity index (χ4n) is 2.77. The van der Waals surface area contributed by atoms with Gasteiger partial charge in [0.1, 0.15) is 0 Å². The molecule has 0 saturated carbocycles. The number of fused-ring (bicyclic) bond motifs is 1. The number of hydrogen-bond donors (Lipinski definition) is 1. The number of amides is 1. The second kappa shape index (κ2) is 5.11. The third kappa shape index (κ3) is 2.15. The van der Waals surface area contributed by atoms with Gasteiger partial charge in [0, 0.05) is 11.7 Å². The first-order valence-corrected chi connectivity index (χ1v) is 6.65. The van der Waals surface area contributed by atoms with E-state index in [4.69, 9.17) is 0 Å². The molecule has 1 aliphatic rings. The summed E-state index contributed by atoms with van der Waals surface area (Å²) in [7, 11) is 1.86. The van der Waals surface area contributed by atoms with Crippen LogP contribution >= 0.6 is 0 Å². The van der Waals surface area contributed by atoms with Crippen molar-refractivity contribution in [3.8, 4) is 0 Å². The maximum Gasteiger partial charge on any atom is 0.244 e. The molecule has 0 radical (unpaired) electrons. The third-order valence-corrected chi connectivity index (χ3v) is 3.72. The predicted molar refractivity (Wildman–Crippen MR) is 74.9 cm³/mol. The van der Waals surface area contributed by atoms with Crippen LogP contribution in [-0.4, -0.2) is 25.0 Å². The number of rotatable bonds is 2. The number of hydrogen-bond acceptors (Lipinski definition) is 2. The SMILES string of the molecule is CNC1CC(C)c2ccccc2N(C(C)C)C1=O. The summed E-state index contributed by atoms with van der Waals surface area (Å²) < 4.78 is 0. The van der Waals surface area contributed by atoms with Gasteiger partial charge in [0.05, 0.1) is 6.04 Å².